The van der Waals surface area contributed by atoms with E-state index < -0.39 is 0 Å². The Bertz CT molecular complexity index is 415. The largest absolute Gasteiger partial charge is 0.381 e. The zero-order valence-corrected chi connectivity index (χ0v) is 11.5. The Kier molecular flexibility index (Phi) is 3.92. The zero-order valence-electron chi connectivity index (χ0n) is 10.7. The SMILES string of the molecule is NC(CSc1ccc2c(c1)CCC2)C1CCOC1. The second kappa shape index (κ2) is 5.64. The Morgan fingerprint density at radius 2 is 2.22 bits per heavy atom. The molecule has 3 heteroatoms. The van der Waals surface area contributed by atoms with Crippen molar-refractivity contribution in [3.05, 3.63) is 29.3 Å². The molecule has 2 atom stereocenters. The number of benzene rings is 1. The number of ether oxygens (including phenoxy) is 1. The van der Waals surface area contributed by atoms with Gasteiger partial charge >= 0.3 is 0 Å². The average molecular weight is 263 g/mol. The van der Waals surface area contributed by atoms with Gasteiger partial charge in [0.1, 0.15) is 0 Å². The van der Waals surface area contributed by atoms with Crippen molar-refractivity contribution in [3.8, 4) is 0 Å². The molecule has 0 aromatic heterocycles. The molecule has 1 aromatic rings. The molecular weight excluding hydrogens is 242 g/mol. The van der Waals surface area contributed by atoms with Crippen LogP contribution in [0.25, 0.3) is 0 Å². The number of hydrogen-bond donors (Lipinski definition) is 1. The molecule has 2 N–H and O–H groups in total. The van der Waals surface area contributed by atoms with Crippen molar-refractivity contribution >= 4 is 11.8 Å². The molecule has 1 aromatic carbocycles. The minimum absolute atomic E-state index is 0.269. The summed E-state index contributed by atoms with van der Waals surface area (Å²) in [5, 5.41) is 0. The van der Waals surface area contributed by atoms with Crippen LogP contribution in [0.15, 0.2) is 23.1 Å². The summed E-state index contributed by atoms with van der Waals surface area (Å²) in [7, 11) is 0. The van der Waals surface area contributed by atoms with E-state index in [1.807, 2.05) is 11.8 Å². The van der Waals surface area contributed by atoms with Gasteiger partial charge in [-0.15, -0.1) is 11.8 Å². The van der Waals surface area contributed by atoms with E-state index in [-0.39, 0.29) is 6.04 Å². The molecule has 0 saturated carbocycles. The summed E-state index contributed by atoms with van der Waals surface area (Å²) in [5.41, 5.74) is 9.34. The molecule has 0 radical (unpaired) electrons. The van der Waals surface area contributed by atoms with Gasteiger partial charge in [-0.1, -0.05) is 6.07 Å². The predicted octanol–water partition coefficient (Wildman–Crippen LogP) is 2.63. The predicted molar refractivity (Wildman–Crippen MR) is 76.1 cm³/mol. The smallest absolute Gasteiger partial charge is 0.0510 e. The first-order valence-electron chi connectivity index (χ1n) is 6.91. The summed E-state index contributed by atoms with van der Waals surface area (Å²) in [6.07, 6.45) is 4.97. The van der Waals surface area contributed by atoms with E-state index in [4.69, 9.17) is 10.5 Å². The zero-order chi connectivity index (χ0) is 12.4. The van der Waals surface area contributed by atoms with Crippen LogP contribution in [-0.4, -0.2) is 25.0 Å². The van der Waals surface area contributed by atoms with Gasteiger partial charge in [-0.2, -0.15) is 0 Å². The molecule has 1 aliphatic heterocycles. The van der Waals surface area contributed by atoms with Crippen LogP contribution in [0.2, 0.25) is 0 Å². The number of aryl methyl sites for hydroxylation is 2. The van der Waals surface area contributed by atoms with Crippen molar-refractivity contribution in [1.82, 2.24) is 0 Å². The molecule has 1 fully saturated rings. The molecule has 1 aliphatic carbocycles. The van der Waals surface area contributed by atoms with E-state index >= 15 is 0 Å². The van der Waals surface area contributed by atoms with Crippen LogP contribution in [0.1, 0.15) is 24.0 Å². The lowest BCUT2D eigenvalue weighted by Crippen LogP contribution is -2.32. The fourth-order valence-corrected chi connectivity index (χ4v) is 3.90. The third-order valence-electron chi connectivity index (χ3n) is 4.08. The van der Waals surface area contributed by atoms with Crippen LogP contribution in [0, 0.1) is 5.92 Å². The molecule has 0 amide bonds. The molecule has 0 spiro atoms. The fraction of sp³-hybridized carbons (Fsp3) is 0.600. The molecule has 2 nitrogen and oxygen atoms in total. The molecule has 98 valence electrons. The van der Waals surface area contributed by atoms with Gasteiger partial charge in [0, 0.05) is 29.2 Å². The molecule has 2 aliphatic rings. The normalized spacial score (nSPS) is 24.2. The topological polar surface area (TPSA) is 35.2 Å². The highest BCUT2D eigenvalue weighted by Gasteiger charge is 2.22. The third-order valence-corrected chi connectivity index (χ3v) is 5.22. The van der Waals surface area contributed by atoms with Gasteiger partial charge in [0.25, 0.3) is 0 Å². The molecule has 2 unspecified atom stereocenters. The lowest BCUT2D eigenvalue weighted by atomic mass is 10.0. The van der Waals surface area contributed by atoms with Crippen molar-refractivity contribution in [1.29, 1.82) is 0 Å². The summed E-state index contributed by atoms with van der Waals surface area (Å²) in [4.78, 5) is 1.38. The van der Waals surface area contributed by atoms with Gasteiger partial charge < -0.3 is 10.5 Å². The summed E-state index contributed by atoms with van der Waals surface area (Å²) < 4.78 is 5.40. The monoisotopic (exact) mass is 263 g/mol. The van der Waals surface area contributed by atoms with Crippen molar-refractivity contribution in [2.45, 2.75) is 36.6 Å². The minimum Gasteiger partial charge on any atom is -0.381 e. The number of nitrogens with two attached hydrogens (primary N) is 1. The Hall–Kier alpha value is -0.510. The summed E-state index contributed by atoms with van der Waals surface area (Å²) in [6.45, 7) is 1.74. The van der Waals surface area contributed by atoms with Crippen LogP contribution < -0.4 is 5.73 Å². The van der Waals surface area contributed by atoms with Crippen molar-refractivity contribution in [2.24, 2.45) is 11.7 Å². The highest BCUT2D eigenvalue weighted by Crippen LogP contribution is 2.29. The van der Waals surface area contributed by atoms with E-state index in [2.05, 4.69) is 18.2 Å². The Labute approximate surface area is 113 Å². The number of thioether (sulfide) groups is 1. The van der Waals surface area contributed by atoms with Crippen LogP contribution in [-0.2, 0) is 17.6 Å². The second-order valence-electron chi connectivity index (χ2n) is 5.38. The average Bonchev–Trinajstić information content (AvgIpc) is 3.05. The molecule has 18 heavy (non-hydrogen) atoms. The first kappa shape index (κ1) is 12.5. The Morgan fingerprint density at radius 3 is 3.06 bits per heavy atom. The molecule has 3 rings (SSSR count). The van der Waals surface area contributed by atoms with E-state index in [0.717, 1.165) is 25.4 Å². The van der Waals surface area contributed by atoms with Gasteiger partial charge in [-0.05, 0) is 48.9 Å². The minimum atomic E-state index is 0.269. The first-order chi connectivity index (χ1) is 8.83. The number of fused-ring (bicyclic) bond motifs is 1. The standard InChI is InChI=1S/C15H21NOS/c16-15(13-6-7-17-9-13)10-18-14-5-4-11-2-1-3-12(11)8-14/h4-5,8,13,15H,1-3,6-7,9-10,16H2. The summed E-state index contributed by atoms with van der Waals surface area (Å²) in [6, 6.07) is 7.19. The quantitative estimate of drug-likeness (QED) is 0.848. The van der Waals surface area contributed by atoms with Crippen LogP contribution >= 0.6 is 11.8 Å². The highest BCUT2D eigenvalue weighted by atomic mass is 32.2. The highest BCUT2D eigenvalue weighted by molar-refractivity contribution is 7.99. The maximum Gasteiger partial charge on any atom is 0.0510 e. The Balaban J connectivity index is 1.56. The second-order valence-corrected chi connectivity index (χ2v) is 6.48. The third kappa shape index (κ3) is 2.73. The number of hydrogen-bond acceptors (Lipinski definition) is 3. The molecule has 0 bridgehead atoms. The molecule has 1 saturated heterocycles. The lowest BCUT2D eigenvalue weighted by Gasteiger charge is -2.17. The Morgan fingerprint density at radius 1 is 1.33 bits per heavy atom. The van der Waals surface area contributed by atoms with E-state index in [0.29, 0.717) is 5.92 Å². The molecular formula is C15H21NOS. The fourth-order valence-electron chi connectivity index (χ4n) is 2.86. The molecule has 1 heterocycles. The summed E-state index contributed by atoms with van der Waals surface area (Å²) >= 11 is 1.90. The van der Waals surface area contributed by atoms with Crippen LogP contribution in [0.5, 0.6) is 0 Å². The first-order valence-corrected chi connectivity index (χ1v) is 7.89. The van der Waals surface area contributed by atoms with Gasteiger partial charge in [0.05, 0.1) is 6.61 Å². The summed E-state index contributed by atoms with van der Waals surface area (Å²) in [5.74, 6) is 1.57. The van der Waals surface area contributed by atoms with Crippen molar-refractivity contribution in [2.75, 3.05) is 19.0 Å². The van der Waals surface area contributed by atoms with Gasteiger partial charge in [0.2, 0.25) is 0 Å². The van der Waals surface area contributed by atoms with E-state index in [9.17, 15) is 0 Å². The van der Waals surface area contributed by atoms with Gasteiger partial charge in [-0.25, -0.2) is 0 Å². The van der Waals surface area contributed by atoms with E-state index in [1.165, 1.54) is 24.2 Å². The van der Waals surface area contributed by atoms with Crippen molar-refractivity contribution < 1.29 is 4.74 Å². The maximum absolute atomic E-state index is 6.24. The maximum atomic E-state index is 6.24. The van der Waals surface area contributed by atoms with Crippen LogP contribution in [0.4, 0.5) is 0 Å². The van der Waals surface area contributed by atoms with Crippen LogP contribution in [0.3, 0.4) is 0 Å². The lowest BCUT2D eigenvalue weighted by molar-refractivity contribution is 0.182. The van der Waals surface area contributed by atoms with E-state index in [1.54, 1.807) is 11.1 Å². The van der Waals surface area contributed by atoms with Gasteiger partial charge in [0.15, 0.2) is 0 Å². The van der Waals surface area contributed by atoms with Crippen molar-refractivity contribution in [3.63, 3.8) is 0 Å². The van der Waals surface area contributed by atoms with Gasteiger partial charge in [-0.3, -0.25) is 0 Å². The number of rotatable bonds is 4.